The number of halogens is 6. The van der Waals surface area contributed by atoms with Gasteiger partial charge in [-0.2, -0.15) is 0 Å². The monoisotopic (exact) mass is 447 g/mol. The van der Waals surface area contributed by atoms with Crippen molar-refractivity contribution in [1.29, 1.82) is 0 Å². The molecular weight excluding hydrogens is 441 g/mol. The molecule has 0 aliphatic carbocycles. The molecule has 9 heteroatoms. The summed E-state index contributed by atoms with van der Waals surface area (Å²) in [6.07, 6.45) is 0. The second-order valence-electron chi connectivity index (χ2n) is 0. The van der Waals surface area contributed by atoms with Gasteiger partial charge in [-0.25, -0.2) is 0 Å². The Balaban J connectivity index is 0. The minimum absolute atomic E-state index is 0. The molecule has 0 bridgehead atoms. The molecule has 0 fully saturated rings. The van der Waals surface area contributed by atoms with E-state index in [4.69, 9.17) is 0 Å². The Hall–Kier alpha value is 5.49. The van der Waals surface area contributed by atoms with Gasteiger partial charge in [0.25, 0.3) is 0 Å². The fourth-order valence-corrected chi connectivity index (χ4v) is 0. The molecule has 0 saturated carbocycles. The van der Waals surface area contributed by atoms with Gasteiger partial charge in [0.1, 0.15) is 0 Å². The molecule has 55 valence electrons. The van der Waals surface area contributed by atoms with E-state index in [0.29, 0.717) is 0 Å². The van der Waals surface area contributed by atoms with Crippen molar-refractivity contribution >= 4 is 162 Å². The maximum atomic E-state index is 0. The van der Waals surface area contributed by atoms with Crippen LogP contribution in [0.15, 0.2) is 0 Å². The van der Waals surface area contributed by atoms with Crippen LogP contribution in [0.5, 0.6) is 0 Å². The van der Waals surface area contributed by atoms with Crippen molar-refractivity contribution in [3.05, 3.63) is 0 Å². The molecular formula is H8Cl6CsLiY. The van der Waals surface area contributed by atoms with Crippen molar-refractivity contribution in [2.24, 2.45) is 0 Å². The summed E-state index contributed by atoms with van der Waals surface area (Å²) in [5.74, 6) is 0. The van der Waals surface area contributed by atoms with Crippen LogP contribution >= 0.6 is 74.4 Å². The average Bonchev–Trinajstić information content (AvgIpc) is 0. The summed E-state index contributed by atoms with van der Waals surface area (Å²) in [6, 6.07) is 0. The van der Waals surface area contributed by atoms with Crippen LogP contribution in [0, 0.1) is 0 Å². The van der Waals surface area contributed by atoms with E-state index in [2.05, 4.69) is 0 Å². The normalized spacial score (nSPS) is 0. The number of rotatable bonds is 0. The Morgan fingerprint density at radius 3 is 0.444 bits per heavy atom. The van der Waals surface area contributed by atoms with E-state index in [-0.39, 0.29) is 195 Å². The third-order valence-electron chi connectivity index (χ3n) is 0. The molecule has 0 aromatic rings. The summed E-state index contributed by atoms with van der Waals surface area (Å²) in [4.78, 5) is 0. The Morgan fingerprint density at radius 2 is 0.444 bits per heavy atom. The van der Waals surface area contributed by atoms with E-state index in [9.17, 15) is 0 Å². The summed E-state index contributed by atoms with van der Waals surface area (Å²) in [6.45, 7) is 0. The van der Waals surface area contributed by atoms with Crippen LogP contribution in [0.25, 0.3) is 0 Å². The molecule has 0 aromatic heterocycles. The van der Waals surface area contributed by atoms with Gasteiger partial charge >= 0.3 is 87.8 Å². The zero-order valence-corrected chi connectivity index (χ0v) is 10.8. The molecule has 9 heavy (non-hydrogen) atoms. The van der Waals surface area contributed by atoms with E-state index in [1.54, 1.807) is 0 Å². The first-order valence-electron chi connectivity index (χ1n) is 0. The van der Waals surface area contributed by atoms with E-state index < -0.39 is 0 Å². The Morgan fingerprint density at radius 1 is 0.444 bits per heavy atom. The summed E-state index contributed by atoms with van der Waals surface area (Å²) >= 11 is 0. The third-order valence-corrected chi connectivity index (χ3v) is 0. The zero-order chi connectivity index (χ0) is 0. The van der Waals surface area contributed by atoms with Gasteiger partial charge in [-0.05, 0) is 0 Å². The number of hydrogen-bond donors (Lipinski definition) is 0. The largest absolute Gasteiger partial charge is 0 e. The molecule has 0 saturated heterocycles. The van der Waals surface area contributed by atoms with Crippen LogP contribution in [-0.4, -0.2) is 87.8 Å². The van der Waals surface area contributed by atoms with Crippen LogP contribution in [0.2, 0.25) is 0 Å². The zero-order valence-electron chi connectivity index (χ0n) is 3.03. The van der Waals surface area contributed by atoms with Gasteiger partial charge in [0.15, 0.2) is 0 Å². The standard InChI is InChI=1S/6ClH.Cs.Li.Y.2H/h6*1H;;;;;. The predicted octanol–water partition coefficient (Wildman–Crippen LogP) is 1.23. The van der Waals surface area contributed by atoms with Crippen LogP contribution in [0.3, 0.4) is 0 Å². The first-order chi connectivity index (χ1) is 0. The third kappa shape index (κ3) is 59.1. The molecule has 0 nitrogen and oxygen atoms in total. The van der Waals surface area contributed by atoms with E-state index in [1.165, 1.54) is 0 Å². The maximum absolute atomic E-state index is 0. The van der Waals surface area contributed by atoms with Crippen LogP contribution in [-0.2, 0) is 32.7 Å². The second-order valence-corrected chi connectivity index (χ2v) is 0. The van der Waals surface area contributed by atoms with Crippen molar-refractivity contribution in [2.75, 3.05) is 0 Å². The minimum atomic E-state index is 0. The Kier molecular flexibility index (Phi) is 678. The quantitative estimate of drug-likeness (QED) is 0.488. The molecule has 0 aromatic carbocycles. The Labute approximate surface area is 189 Å². The van der Waals surface area contributed by atoms with Crippen molar-refractivity contribution in [2.45, 2.75) is 0 Å². The van der Waals surface area contributed by atoms with Gasteiger partial charge in [-0.1, -0.05) is 0 Å². The second kappa shape index (κ2) is 69.8. The number of hydrogen-bond acceptors (Lipinski definition) is 0. The first kappa shape index (κ1) is 87.4. The molecule has 0 rings (SSSR count). The van der Waals surface area contributed by atoms with Gasteiger partial charge in [-0.15, -0.1) is 74.4 Å². The first-order valence-corrected chi connectivity index (χ1v) is 0. The molecule has 0 amide bonds. The predicted molar refractivity (Wildman–Crippen MR) is 57.8 cm³/mol. The summed E-state index contributed by atoms with van der Waals surface area (Å²) in [5.41, 5.74) is 0. The van der Waals surface area contributed by atoms with Gasteiger partial charge in [0.2, 0.25) is 0 Å². The van der Waals surface area contributed by atoms with Crippen molar-refractivity contribution in [1.82, 2.24) is 0 Å². The van der Waals surface area contributed by atoms with Gasteiger partial charge in [0, 0.05) is 32.7 Å². The average molecular weight is 450 g/mol. The maximum Gasteiger partial charge on any atom is 0 e. The topological polar surface area (TPSA) is 0 Å². The van der Waals surface area contributed by atoms with Gasteiger partial charge < -0.3 is 0 Å². The summed E-state index contributed by atoms with van der Waals surface area (Å²) < 4.78 is 0. The summed E-state index contributed by atoms with van der Waals surface area (Å²) in [5, 5.41) is 0. The van der Waals surface area contributed by atoms with E-state index in [0.717, 1.165) is 0 Å². The molecule has 0 aliphatic heterocycles. The fraction of sp³-hybridized carbons (Fsp3) is 0. The minimum Gasteiger partial charge on any atom is 0 e. The van der Waals surface area contributed by atoms with E-state index >= 15 is 0 Å². The molecule has 0 aliphatic rings. The van der Waals surface area contributed by atoms with Crippen molar-refractivity contribution < 1.29 is 32.7 Å². The van der Waals surface area contributed by atoms with Crippen molar-refractivity contribution in [3.63, 3.8) is 0 Å². The summed E-state index contributed by atoms with van der Waals surface area (Å²) in [7, 11) is 0. The molecule has 0 N–H and O–H groups in total. The van der Waals surface area contributed by atoms with Gasteiger partial charge in [0.05, 0.1) is 0 Å². The van der Waals surface area contributed by atoms with Gasteiger partial charge in [-0.3, -0.25) is 0 Å². The fourth-order valence-electron chi connectivity index (χ4n) is 0. The van der Waals surface area contributed by atoms with E-state index in [1.807, 2.05) is 0 Å². The smallest absolute Gasteiger partial charge is 0 e. The molecule has 1 radical (unpaired) electrons. The van der Waals surface area contributed by atoms with Crippen molar-refractivity contribution in [3.8, 4) is 0 Å². The van der Waals surface area contributed by atoms with Crippen LogP contribution < -0.4 is 0 Å². The SMILES string of the molecule is Cl.Cl.Cl.Cl.Cl.Cl.[CsH].[LiH].[Y]. The van der Waals surface area contributed by atoms with Crippen LogP contribution in [0.1, 0.15) is 0 Å². The molecule has 0 atom stereocenters. The van der Waals surface area contributed by atoms with Crippen LogP contribution in [0.4, 0.5) is 0 Å². The molecule has 0 heterocycles. The Bertz CT molecular complexity index is 13.0. The molecule has 0 spiro atoms. The molecule has 0 unspecified atom stereocenters.